The van der Waals surface area contributed by atoms with Crippen LogP contribution in [0.25, 0.3) is 0 Å². The highest BCUT2D eigenvalue weighted by Crippen LogP contribution is 2.25. The quantitative estimate of drug-likeness (QED) is 0.655. The molecule has 2 nitrogen and oxygen atoms in total. The van der Waals surface area contributed by atoms with Gasteiger partial charge in [-0.15, -0.1) is 0 Å². The van der Waals surface area contributed by atoms with E-state index >= 15 is 0 Å². The number of aryl methyl sites for hydroxylation is 1. The van der Waals surface area contributed by atoms with Gasteiger partial charge in [-0.25, -0.2) is 4.39 Å². The van der Waals surface area contributed by atoms with Crippen molar-refractivity contribution in [2.24, 2.45) is 5.84 Å². The molecule has 0 radical (unpaired) electrons. The molecule has 0 heterocycles. The largest absolute Gasteiger partial charge is 0.271 e. The summed E-state index contributed by atoms with van der Waals surface area (Å²) in [6.07, 6.45) is 0.514. The number of rotatable bonds is 4. The second-order valence-electron chi connectivity index (χ2n) is 4.95. The van der Waals surface area contributed by atoms with Gasteiger partial charge in [0.15, 0.2) is 0 Å². The topological polar surface area (TPSA) is 38.0 Å². The first-order valence-electron chi connectivity index (χ1n) is 6.49. The number of nitrogens with one attached hydrogen (secondary N) is 1. The van der Waals surface area contributed by atoms with Crippen LogP contribution in [0.3, 0.4) is 0 Å². The van der Waals surface area contributed by atoms with Crippen LogP contribution in [0.15, 0.2) is 40.9 Å². The van der Waals surface area contributed by atoms with Crippen LogP contribution in [0.1, 0.15) is 28.3 Å². The molecule has 2 rings (SSSR count). The molecule has 106 valence electrons. The molecular formula is C16H18BrFN2. The van der Waals surface area contributed by atoms with Gasteiger partial charge in [0.2, 0.25) is 0 Å². The van der Waals surface area contributed by atoms with Gasteiger partial charge in [0.25, 0.3) is 0 Å². The van der Waals surface area contributed by atoms with E-state index in [4.69, 9.17) is 5.84 Å². The van der Waals surface area contributed by atoms with Crippen LogP contribution in [-0.2, 0) is 6.42 Å². The highest BCUT2D eigenvalue weighted by molar-refractivity contribution is 9.10. The summed E-state index contributed by atoms with van der Waals surface area (Å²) in [5.74, 6) is 5.45. The van der Waals surface area contributed by atoms with Crippen LogP contribution in [0.2, 0.25) is 0 Å². The third-order valence-corrected chi connectivity index (χ3v) is 4.16. The average molecular weight is 337 g/mol. The van der Waals surface area contributed by atoms with Crippen LogP contribution in [0.5, 0.6) is 0 Å². The van der Waals surface area contributed by atoms with Crippen LogP contribution < -0.4 is 11.3 Å². The van der Waals surface area contributed by atoms with Crippen molar-refractivity contribution >= 4 is 15.9 Å². The number of nitrogens with two attached hydrogens (primary N) is 1. The Kier molecular flexibility index (Phi) is 4.91. The fraction of sp³-hybridized carbons (Fsp3) is 0.250. The summed E-state index contributed by atoms with van der Waals surface area (Å²) in [6.45, 7) is 4.12. The maximum atomic E-state index is 13.9. The van der Waals surface area contributed by atoms with Crippen molar-refractivity contribution in [3.8, 4) is 0 Å². The molecule has 4 heteroatoms. The van der Waals surface area contributed by atoms with E-state index in [1.54, 1.807) is 6.07 Å². The van der Waals surface area contributed by atoms with Crippen molar-refractivity contribution in [1.82, 2.24) is 5.43 Å². The predicted octanol–water partition coefficient (Wildman–Crippen LogP) is 3.95. The molecule has 0 aliphatic heterocycles. The third-order valence-electron chi connectivity index (χ3n) is 3.66. The molecule has 0 spiro atoms. The fourth-order valence-electron chi connectivity index (χ4n) is 2.32. The van der Waals surface area contributed by atoms with E-state index in [9.17, 15) is 4.39 Å². The molecule has 0 aromatic heterocycles. The number of hydrogen-bond donors (Lipinski definition) is 2. The van der Waals surface area contributed by atoms with Crippen LogP contribution in [0, 0.1) is 19.7 Å². The van der Waals surface area contributed by atoms with Crippen LogP contribution >= 0.6 is 15.9 Å². The van der Waals surface area contributed by atoms with Crippen molar-refractivity contribution in [3.63, 3.8) is 0 Å². The zero-order chi connectivity index (χ0) is 14.7. The van der Waals surface area contributed by atoms with Gasteiger partial charge in [0, 0.05) is 4.47 Å². The van der Waals surface area contributed by atoms with E-state index in [1.807, 2.05) is 18.2 Å². The Morgan fingerprint density at radius 1 is 1.25 bits per heavy atom. The van der Waals surface area contributed by atoms with Gasteiger partial charge in [0.05, 0.1) is 6.04 Å². The molecule has 0 fully saturated rings. The zero-order valence-electron chi connectivity index (χ0n) is 11.6. The molecule has 1 atom stereocenters. The van der Waals surface area contributed by atoms with E-state index < -0.39 is 0 Å². The molecule has 1 unspecified atom stereocenters. The number of hydrogen-bond acceptors (Lipinski definition) is 2. The smallest absolute Gasteiger partial charge is 0.127 e. The first kappa shape index (κ1) is 15.2. The van der Waals surface area contributed by atoms with Gasteiger partial charge in [0.1, 0.15) is 5.82 Å². The maximum Gasteiger partial charge on any atom is 0.127 e. The first-order chi connectivity index (χ1) is 9.52. The number of halogens is 2. The van der Waals surface area contributed by atoms with Crippen molar-refractivity contribution in [2.75, 3.05) is 0 Å². The number of hydrazine groups is 1. The van der Waals surface area contributed by atoms with E-state index in [0.29, 0.717) is 12.0 Å². The maximum absolute atomic E-state index is 13.9. The Hall–Kier alpha value is -1.23. The highest BCUT2D eigenvalue weighted by atomic mass is 79.9. The summed E-state index contributed by atoms with van der Waals surface area (Å²) in [5.41, 5.74) is 6.95. The standard InChI is InChI=1S/C16H18BrFN2/c1-10-4-3-5-14(11(10)2)16(20-19)8-12-6-7-13(17)9-15(12)18/h3-7,9,16,20H,8,19H2,1-2H3. The number of benzene rings is 2. The molecule has 2 aromatic carbocycles. The SMILES string of the molecule is Cc1cccc(C(Cc2ccc(Br)cc2F)NN)c1C. The monoisotopic (exact) mass is 336 g/mol. The molecule has 3 N–H and O–H groups in total. The van der Waals surface area contributed by atoms with Crippen molar-refractivity contribution in [2.45, 2.75) is 26.3 Å². The Labute approximate surface area is 127 Å². The average Bonchev–Trinajstić information content (AvgIpc) is 2.42. The van der Waals surface area contributed by atoms with Gasteiger partial charge in [-0.3, -0.25) is 11.3 Å². The lowest BCUT2D eigenvalue weighted by molar-refractivity contribution is 0.526. The van der Waals surface area contributed by atoms with Crippen molar-refractivity contribution in [3.05, 3.63) is 68.9 Å². The van der Waals surface area contributed by atoms with Gasteiger partial charge in [-0.2, -0.15) is 0 Å². The molecular weight excluding hydrogens is 319 g/mol. The van der Waals surface area contributed by atoms with E-state index in [-0.39, 0.29) is 11.9 Å². The van der Waals surface area contributed by atoms with E-state index in [2.05, 4.69) is 41.3 Å². The Bertz CT molecular complexity index is 613. The summed E-state index contributed by atoms with van der Waals surface area (Å²) in [4.78, 5) is 0. The van der Waals surface area contributed by atoms with Gasteiger partial charge >= 0.3 is 0 Å². The van der Waals surface area contributed by atoms with Gasteiger partial charge < -0.3 is 0 Å². The minimum Gasteiger partial charge on any atom is -0.271 e. The lowest BCUT2D eigenvalue weighted by atomic mass is 9.93. The second kappa shape index (κ2) is 6.48. The molecule has 0 saturated carbocycles. The lowest BCUT2D eigenvalue weighted by Gasteiger charge is -2.20. The fourth-order valence-corrected chi connectivity index (χ4v) is 2.65. The van der Waals surface area contributed by atoms with Gasteiger partial charge in [-0.1, -0.05) is 40.2 Å². The Morgan fingerprint density at radius 2 is 2.00 bits per heavy atom. The molecule has 0 aliphatic rings. The molecule has 0 aliphatic carbocycles. The summed E-state index contributed by atoms with van der Waals surface area (Å²) >= 11 is 3.27. The van der Waals surface area contributed by atoms with Crippen LogP contribution in [0.4, 0.5) is 4.39 Å². The normalized spacial score (nSPS) is 12.4. The highest BCUT2D eigenvalue weighted by Gasteiger charge is 2.16. The minimum absolute atomic E-state index is 0.106. The second-order valence-corrected chi connectivity index (χ2v) is 5.86. The van der Waals surface area contributed by atoms with Crippen molar-refractivity contribution < 1.29 is 4.39 Å². The Morgan fingerprint density at radius 3 is 2.65 bits per heavy atom. The molecule has 0 saturated heterocycles. The third kappa shape index (κ3) is 3.26. The van der Waals surface area contributed by atoms with Gasteiger partial charge in [-0.05, 0) is 54.7 Å². The van der Waals surface area contributed by atoms with E-state index in [0.717, 1.165) is 10.0 Å². The van der Waals surface area contributed by atoms with Crippen LogP contribution in [-0.4, -0.2) is 0 Å². The zero-order valence-corrected chi connectivity index (χ0v) is 13.2. The molecule has 20 heavy (non-hydrogen) atoms. The minimum atomic E-state index is -0.218. The Balaban J connectivity index is 2.31. The first-order valence-corrected chi connectivity index (χ1v) is 7.28. The molecule has 0 bridgehead atoms. The summed E-state index contributed by atoms with van der Waals surface area (Å²) < 4.78 is 14.7. The lowest BCUT2D eigenvalue weighted by Crippen LogP contribution is -2.30. The molecule has 2 aromatic rings. The van der Waals surface area contributed by atoms with E-state index in [1.165, 1.54) is 17.2 Å². The van der Waals surface area contributed by atoms with Crippen molar-refractivity contribution in [1.29, 1.82) is 0 Å². The predicted molar refractivity (Wildman–Crippen MR) is 83.8 cm³/mol. The summed E-state index contributed by atoms with van der Waals surface area (Å²) in [6, 6.07) is 11.1. The molecule has 0 amide bonds. The summed E-state index contributed by atoms with van der Waals surface area (Å²) in [5, 5.41) is 0. The summed E-state index contributed by atoms with van der Waals surface area (Å²) in [7, 11) is 0.